The molecule has 1 aliphatic rings. The van der Waals surface area contributed by atoms with Gasteiger partial charge in [-0.25, -0.2) is 4.79 Å². The van der Waals surface area contributed by atoms with Gasteiger partial charge in [0.25, 0.3) is 0 Å². The van der Waals surface area contributed by atoms with Crippen LogP contribution in [0.25, 0.3) is 6.08 Å². The van der Waals surface area contributed by atoms with E-state index in [2.05, 4.69) is 15.9 Å². The highest BCUT2D eigenvalue weighted by atomic mass is 79.9. The van der Waals surface area contributed by atoms with Gasteiger partial charge in [-0.15, -0.1) is 0 Å². The van der Waals surface area contributed by atoms with Crippen LogP contribution in [0.4, 0.5) is 0 Å². The lowest BCUT2D eigenvalue weighted by molar-refractivity contribution is -0.131. The largest absolute Gasteiger partial charge is 0.489 e. The summed E-state index contributed by atoms with van der Waals surface area (Å²) in [7, 11) is 0. The summed E-state index contributed by atoms with van der Waals surface area (Å²) in [4.78, 5) is 10.6. The molecule has 1 aliphatic heterocycles. The molecule has 1 N–H and O–H groups in total. The summed E-state index contributed by atoms with van der Waals surface area (Å²) in [6.45, 7) is 1.27. The van der Waals surface area contributed by atoms with E-state index < -0.39 is 5.97 Å². The summed E-state index contributed by atoms with van der Waals surface area (Å²) in [5.74, 6) is -0.333. The maximum absolute atomic E-state index is 10.6. The molecule has 102 valence electrons. The topological polar surface area (TPSA) is 55.8 Å². The smallest absolute Gasteiger partial charge is 0.328 e. The Morgan fingerprint density at radius 3 is 3.11 bits per heavy atom. The number of hydrogen-bond donors (Lipinski definition) is 1. The Hall–Kier alpha value is -1.33. The summed E-state index contributed by atoms with van der Waals surface area (Å²) in [6.07, 6.45) is 4.82. The Labute approximate surface area is 120 Å². The third-order valence-electron chi connectivity index (χ3n) is 2.84. The van der Waals surface area contributed by atoms with Crippen molar-refractivity contribution < 1.29 is 19.4 Å². The van der Waals surface area contributed by atoms with E-state index in [1.165, 1.54) is 6.08 Å². The first-order valence-electron chi connectivity index (χ1n) is 6.11. The average molecular weight is 327 g/mol. The van der Waals surface area contributed by atoms with E-state index in [0.717, 1.165) is 35.6 Å². The van der Waals surface area contributed by atoms with Crippen LogP contribution in [0, 0.1) is 0 Å². The highest BCUT2D eigenvalue weighted by molar-refractivity contribution is 9.10. The van der Waals surface area contributed by atoms with Gasteiger partial charge in [0.1, 0.15) is 12.4 Å². The summed E-state index contributed by atoms with van der Waals surface area (Å²) >= 11 is 3.42. The van der Waals surface area contributed by atoms with Gasteiger partial charge in [-0.1, -0.05) is 12.1 Å². The standard InChI is InChI=1S/C14H15BrO4/c15-12-5-1-3-10(6-7-13(16)17)14(12)19-9-11-4-2-8-18-11/h1,3,5-7,11H,2,4,8-9H2,(H,16,17). The Kier molecular flexibility index (Phi) is 4.99. The Morgan fingerprint density at radius 2 is 2.42 bits per heavy atom. The number of carbonyl (C=O) groups is 1. The van der Waals surface area contributed by atoms with Crippen molar-refractivity contribution in [3.05, 3.63) is 34.3 Å². The zero-order valence-corrected chi connectivity index (χ0v) is 11.9. The summed E-state index contributed by atoms with van der Waals surface area (Å²) in [5.41, 5.74) is 0.731. The first-order chi connectivity index (χ1) is 9.16. The molecule has 1 unspecified atom stereocenters. The lowest BCUT2D eigenvalue weighted by Gasteiger charge is -2.14. The maximum atomic E-state index is 10.6. The van der Waals surface area contributed by atoms with Crippen LogP contribution in [0.5, 0.6) is 5.75 Å². The number of benzene rings is 1. The first-order valence-corrected chi connectivity index (χ1v) is 6.90. The lowest BCUT2D eigenvalue weighted by atomic mass is 10.2. The highest BCUT2D eigenvalue weighted by Crippen LogP contribution is 2.30. The molecule has 0 aliphatic carbocycles. The monoisotopic (exact) mass is 326 g/mol. The molecule has 0 saturated carbocycles. The zero-order chi connectivity index (χ0) is 13.7. The molecule has 19 heavy (non-hydrogen) atoms. The number of ether oxygens (including phenoxy) is 2. The van der Waals surface area contributed by atoms with E-state index in [-0.39, 0.29) is 6.10 Å². The number of halogens is 1. The number of rotatable bonds is 5. The number of para-hydroxylation sites is 1. The first kappa shape index (κ1) is 14.1. The van der Waals surface area contributed by atoms with Gasteiger partial charge in [-0.3, -0.25) is 0 Å². The van der Waals surface area contributed by atoms with Gasteiger partial charge < -0.3 is 14.6 Å². The molecule has 1 atom stereocenters. The molecule has 0 spiro atoms. The van der Waals surface area contributed by atoms with Gasteiger partial charge in [-0.2, -0.15) is 0 Å². The average Bonchev–Trinajstić information content (AvgIpc) is 2.88. The third-order valence-corrected chi connectivity index (χ3v) is 3.46. The van der Waals surface area contributed by atoms with Crippen molar-refractivity contribution >= 4 is 28.0 Å². The van der Waals surface area contributed by atoms with Crippen molar-refractivity contribution in [1.29, 1.82) is 0 Å². The van der Waals surface area contributed by atoms with E-state index >= 15 is 0 Å². The molecule has 4 nitrogen and oxygen atoms in total. The van der Waals surface area contributed by atoms with Crippen LogP contribution in [-0.2, 0) is 9.53 Å². The van der Waals surface area contributed by atoms with E-state index in [0.29, 0.717) is 12.4 Å². The minimum atomic E-state index is -0.981. The molecular weight excluding hydrogens is 312 g/mol. The molecule has 2 rings (SSSR count). The second-order valence-corrected chi connectivity index (χ2v) is 5.13. The van der Waals surface area contributed by atoms with Crippen LogP contribution in [0.2, 0.25) is 0 Å². The predicted octanol–water partition coefficient (Wildman–Crippen LogP) is 3.10. The maximum Gasteiger partial charge on any atom is 0.328 e. The van der Waals surface area contributed by atoms with E-state index in [1.807, 2.05) is 18.2 Å². The summed E-state index contributed by atoms with van der Waals surface area (Å²) in [6, 6.07) is 5.52. The fourth-order valence-electron chi connectivity index (χ4n) is 1.92. The molecule has 1 saturated heterocycles. The summed E-state index contributed by atoms with van der Waals surface area (Å²) in [5, 5.41) is 8.68. The van der Waals surface area contributed by atoms with Crippen LogP contribution in [0.3, 0.4) is 0 Å². The van der Waals surface area contributed by atoms with Crippen molar-refractivity contribution in [3.8, 4) is 5.75 Å². The fourth-order valence-corrected chi connectivity index (χ4v) is 2.42. The van der Waals surface area contributed by atoms with Crippen LogP contribution in [0.1, 0.15) is 18.4 Å². The van der Waals surface area contributed by atoms with Crippen molar-refractivity contribution in [2.24, 2.45) is 0 Å². The Balaban J connectivity index is 2.10. The number of aliphatic carboxylic acids is 1. The van der Waals surface area contributed by atoms with Gasteiger partial charge >= 0.3 is 5.97 Å². The molecule has 1 heterocycles. The zero-order valence-electron chi connectivity index (χ0n) is 10.3. The molecule has 0 amide bonds. The van der Waals surface area contributed by atoms with Gasteiger partial charge in [0, 0.05) is 18.2 Å². The second-order valence-electron chi connectivity index (χ2n) is 4.28. The molecule has 1 aromatic rings. The van der Waals surface area contributed by atoms with Crippen molar-refractivity contribution in [3.63, 3.8) is 0 Å². The highest BCUT2D eigenvalue weighted by Gasteiger charge is 2.17. The van der Waals surface area contributed by atoms with Gasteiger partial charge in [-0.05, 0) is 40.9 Å². The normalized spacial score (nSPS) is 18.9. The van der Waals surface area contributed by atoms with Crippen molar-refractivity contribution in [1.82, 2.24) is 0 Å². The van der Waals surface area contributed by atoms with Gasteiger partial charge in [0.2, 0.25) is 0 Å². The quantitative estimate of drug-likeness (QED) is 0.845. The predicted molar refractivity (Wildman–Crippen MR) is 75.3 cm³/mol. The van der Waals surface area contributed by atoms with Crippen LogP contribution < -0.4 is 4.74 Å². The second kappa shape index (κ2) is 6.73. The molecule has 1 fully saturated rings. The molecule has 0 radical (unpaired) electrons. The molecule has 5 heteroatoms. The summed E-state index contributed by atoms with van der Waals surface area (Å²) < 4.78 is 12.1. The van der Waals surface area contributed by atoms with Crippen LogP contribution >= 0.6 is 15.9 Å². The van der Waals surface area contributed by atoms with Gasteiger partial charge in [0.15, 0.2) is 0 Å². The molecular formula is C14H15BrO4. The minimum absolute atomic E-state index is 0.128. The molecule has 1 aromatic carbocycles. The number of hydrogen-bond acceptors (Lipinski definition) is 3. The van der Waals surface area contributed by atoms with E-state index in [1.54, 1.807) is 0 Å². The fraction of sp³-hybridized carbons (Fsp3) is 0.357. The SMILES string of the molecule is O=C(O)C=Cc1cccc(Br)c1OCC1CCCO1. The Bertz CT molecular complexity index is 478. The van der Waals surface area contributed by atoms with Crippen LogP contribution in [0.15, 0.2) is 28.7 Å². The molecule has 0 aromatic heterocycles. The van der Waals surface area contributed by atoms with E-state index in [4.69, 9.17) is 14.6 Å². The third kappa shape index (κ3) is 4.08. The van der Waals surface area contributed by atoms with Crippen molar-refractivity contribution in [2.45, 2.75) is 18.9 Å². The lowest BCUT2D eigenvalue weighted by Crippen LogP contribution is -2.16. The van der Waals surface area contributed by atoms with Crippen molar-refractivity contribution in [2.75, 3.05) is 13.2 Å². The Morgan fingerprint density at radius 1 is 1.58 bits per heavy atom. The van der Waals surface area contributed by atoms with E-state index in [9.17, 15) is 4.79 Å². The number of carboxylic acids is 1. The van der Waals surface area contributed by atoms with Crippen LogP contribution in [-0.4, -0.2) is 30.4 Å². The molecule has 0 bridgehead atoms. The minimum Gasteiger partial charge on any atom is -0.489 e. The number of carboxylic acid groups (broad SMARTS) is 1. The van der Waals surface area contributed by atoms with Gasteiger partial charge in [0.05, 0.1) is 10.6 Å².